The van der Waals surface area contributed by atoms with E-state index in [1.807, 2.05) is 48.5 Å². The highest BCUT2D eigenvalue weighted by atomic mass is 16.1. The van der Waals surface area contributed by atoms with Crippen molar-refractivity contribution < 1.29 is 0 Å². The minimum absolute atomic E-state index is 0.251. The Balaban J connectivity index is 1.56. The molecule has 4 aromatic rings. The molecule has 0 bridgehead atoms. The van der Waals surface area contributed by atoms with Crippen LogP contribution in [0.25, 0.3) is 10.9 Å². The minimum Gasteiger partial charge on any atom is -0.324 e. The number of hydrogen-bond donors (Lipinski definition) is 3. The summed E-state index contributed by atoms with van der Waals surface area (Å²) in [6.07, 6.45) is 2.20. The highest BCUT2D eigenvalue weighted by Gasteiger charge is 2.07. The zero-order valence-electron chi connectivity index (χ0n) is 12.7. The van der Waals surface area contributed by atoms with Crippen LogP contribution >= 0.6 is 0 Å². The maximum atomic E-state index is 12.2. The van der Waals surface area contributed by atoms with E-state index in [1.54, 1.807) is 6.20 Å². The fourth-order valence-corrected chi connectivity index (χ4v) is 2.47. The number of fused-ring (bicyclic) bond motifs is 1. The number of nitrogens with one attached hydrogen (secondary N) is 3. The predicted molar refractivity (Wildman–Crippen MR) is 91.3 cm³/mol. The zero-order chi connectivity index (χ0) is 16.4. The van der Waals surface area contributed by atoms with Gasteiger partial charge in [-0.05, 0) is 23.8 Å². The summed E-state index contributed by atoms with van der Waals surface area (Å²) in [5.41, 5.74) is 2.83. The van der Waals surface area contributed by atoms with Crippen LogP contribution in [0, 0.1) is 0 Å². The van der Waals surface area contributed by atoms with Gasteiger partial charge in [0.25, 0.3) is 5.56 Å². The number of H-pyrrole nitrogens is 2. The summed E-state index contributed by atoms with van der Waals surface area (Å²) in [6, 6.07) is 15.4. The standard InChI is InChI=1S/C17H14N6O/c24-16-15(8-11-4-2-1-3-5-11)22-23-17(20-16)19-13-7-6-12-10-18-21-14(12)9-13/h1-7,9-10H,8H2,(H,18,21)(H2,19,20,23,24). The largest absolute Gasteiger partial charge is 0.324 e. The Bertz CT molecular complexity index is 1040. The Kier molecular flexibility index (Phi) is 3.51. The van der Waals surface area contributed by atoms with Crippen LogP contribution in [-0.4, -0.2) is 25.4 Å². The van der Waals surface area contributed by atoms with E-state index >= 15 is 0 Å². The number of nitrogens with zero attached hydrogens (tertiary/aromatic N) is 3. The number of aromatic amines is 2. The van der Waals surface area contributed by atoms with Crippen LogP contribution in [-0.2, 0) is 6.42 Å². The average molecular weight is 318 g/mol. The van der Waals surface area contributed by atoms with Crippen molar-refractivity contribution in [2.24, 2.45) is 0 Å². The first-order chi connectivity index (χ1) is 11.8. The number of aromatic nitrogens is 5. The highest BCUT2D eigenvalue weighted by Crippen LogP contribution is 2.18. The molecule has 4 rings (SSSR count). The van der Waals surface area contributed by atoms with Gasteiger partial charge in [0.1, 0.15) is 5.69 Å². The highest BCUT2D eigenvalue weighted by molar-refractivity contribution is 5.82. The lowest BCUT2D eigenvalue weighted by Gasteiger charge is -2.05. The summed E-state index contributed by atoms with van der Waals surface area (Å²) < 4.78 is 0. The van der Waals surface area contributed by atoms with Crippen molar-refractivity contribution in [3.8, 4) is 0 Å². The Labute approximate surface area is 136 Å². The van der Waals surface area contributed by atoms with E-state index in [0.717, 1.165) is 22.2 Å². The maximum absolute atomic E-state index is 12.2. The van der Waals surface area contributed by atoms with E-state index in [2.05, 4.69) is 30.7 Å². The van der Waals surface area contributed by atoms with E-state index in [-0.39, 0.29) is 5.56 Å². The lowest BCUT2D eigenvalue weighted by atomic mass is 10.1. The third-order valence-electron chi connectivity index (χ3n) is 3.68. The quantitative estimate of drug-likeness (QED) is 0.536. The van der Waals surface area contributed by atoms with Gasteiger partial charge < -0.3 is 5.32 Å². The topological polar surface area (TPSA) is 99.3 Å². The van der Waals surface area contributed by atoms with Crippen LogP contribution in [0.4, 0.5) is 11.6 Å². The summed E-state index contributed by atoms with van der Waals surface area (Å²) in [5, 5.41) is 19.0. The summed E-state index contributed by atoms with van der Waals surface area (Å²) in [4.78, 5) is 14.9. The normalized spacial score (nSPS) is 10.8. The molecule has 2 aromatic heterocycles. The Morgan fingerprint density at radius 2 is 1.92 bits per heavy atom. The first-order valence-electron chi connectivity index (χ1n) is 7.48. The second-order valence-corrected chi connectivity index (χ2v) is 5.41. The van der Waals surface area contributed by atoms with E-state index < -0.39 is 0 Å². The van der Waals surface area contributed by atoms with Crippen LogP contribution in [0.2, 0.25) is 0 Å². The van der Waals surface area contributed by atoms with Gasteiger partial charge in [-0.1, -0.05) is 30.3 Å². The molecular formula is C17H14N6O. The summed E-state index contributed by atoms with van der Waals surface area (Å²) in [6.45, 7) is 0. The molecule has 0 aliphatic rings. The van der Waals surface area contributed by atoms with E-state index in [1.165, 1.54) is 0 Å². The molecule has 0 aliphatic heterocycles. The first-order valence-corrected chi connectivity index (χ1v) is 7.48. The van der Waals surface area contributed by atoms with Crippen LogP contribution in [0.5, 0.6) is 0 Å². The van der Waals surface area contributed by atoms with Gasteiger partial charge in [0.15, 0.2) is 0 Å². The predicted octanol–water partition coefficient (Wildman–Crippen LogP) is 2.38. The van der Waals surface area contributed by atoms with E-state index in [9.17, 15) is 4.79 Å². The van der Waals surface area contributed by atoms with Crippen molar-refractivity contribution in [2.75, 3.05) is 5.32 Å². The molecule has 0 saturated heterocycles. The van der Waals surface area contributed by atoms with E-state index in [0.29, 0.717) is 18.1 Å². The Morgan fingerprint density at radius 3 is 2.75 bits per heavy atom. The maximum Gasteiger partial charge on any atom is 0.274 e. The van der Waals surface area contributed by atoms with Crippen LogP contribution in [0.15, 0.2) is 59.5 Å². The molecule has 7 nitrogen and oxygen atoms in total. The molecule has 0 spiro atoms. The number of anilines is 2. The van der Waals surface area contributed by atoms with Crippen molar-refractivity contribution in [3.05, 3.63) is 76.3 Å². The lowest BCUT2D eigenvalue weighted by molar-refractivity contribution is 0.874. The first kappa shape index (κ1) is 14.1. The number of benzene rings is 2. The summed E-state index contributed by atoms with van der Waals surface area (Å²) in [5.74, 6) is 0.302. The molecular weight excluding hydrogens is 304 g/mol. The molecule has 0 atom stereocenters. The Morgan fingerprint density at radius 1 is 1.04 bits per heavy atom. The molecule has 3 N–H and O–H groups in total. The molecule has 0 radical (unpaired) electrons. The van der Waals surface area contributed by atoms with Crippen molar-refractivity contribution >= 4 is 22.5 Å². The lowest BCUT2D eigenvalue weighted by Crippen LogP contribution is -2.18. The monoisotopic (exact) mass is 318 g/mol. The van der Waals surface area contributed by atoms with Crippen molar-refractivity contribution in [3.63, 3.8) is 0 Å². The van der Waals surface area contributed by atoms with Crippen molar-refractivity contribution in [2.45, 2.75) is 6.42 Å². The SMILES string of the molecule is O=c1[nH]c(Nc2ccc3cn[nH]c3c2)nnc1Cc1ccccc1. The number of rotatable bonds is 4. The smallest absolute Gasteiger partial charge is 0.274 e. The molecule has 0 fully saturated rings. The molecule has 2 aromatic carbocycles. The summed E-state index contributed by atoms with van der Waals surface area (Å²) in [7, 11) is 0. The van der Waals surface area contributed by atoms with Gasteiger partial charge in [-0.15, -0.1) is 10.2 Å². The van der Waals surface area contributed by atoms with Crippen LogP contribution < -0.4 is 10.9 Å². The fraction of sp³-hybridized carbons (Fsp3) is 0.0588. The second kappa shape index (κ2) is 5.96. The van der Waals surface area contributed by atoms with Gasteiger partial charge in [0.2, 0.25) is 5.95 Å². The molecule has 0 saturated carbocycles. The zero-order valence-corrected chi connectivity index (χ0v) is 12.7. The number of hydrogen-bond acceptors (Lipinski definition) is 5. The van der Waals surface area contributed by atoms with Gasteiger partial charge in [-0.3, -0.25) is 14.9 Å². The molecule has 2 heterocycles. The van der Waals surface area contributed by atoms with Crippen molar-refractivity contribution in [1.82, 2.24) is 25.4 Å². The second-order valence-electron chi connectivity index (χ2n) is 5.41. The molecule has 0 amide bonds. The van der Waals surface area contributed by atoms with Crippen molar-refractivity contribution in [1.29, 1.82) is 0 Å². The molecule has 7 heteroatoms. The fourth-order valence-electron chi connectivity index (χ4n) is 2.47. The van der Waals surface area contributed by atoms with E-state index in [4.69, 9.17) is 0 Å². The molecule has 0 aliphatic carbocycles. The van der Waals surface area contributed by atoms with Gasteiger partial charge >= 0.3 is 0 Å². The van der Waals surface area contributed by atoms with Crippen LogP contribution in [0.1, 0.15) is 11.3 Å². The van der Waals surface area contributed by atoms with Gasteiger partial charge in [0.05, 0.1) is 11.7 Å². The van der Waals surface area contributed by atoms with Gasteiger partial charge in [-0.2, -0.15) is 5.10 Å². The molecule has 0 unspecified atom stereocenters. The molecule has 24 heavy (non-hydrogen) atoms. The minimum atomic E-state index is -0.251. The van der Waals surface area contributed by atoms with Crippen LogP contribution in [0.3, 0.4) is 0 Å². The molecule has 118 valence electrons. The summed E-state index contributed by atoms with van der Waals surface area (Å²) >= 11 is 0. The Hall–Kier alpha value is -3.48. The third kappa shape index (κ3) is 2.87. The van der Waals surface area contributed by atoms with Gasteiger partial charge in [-0.25, -0.2) is 0 Å². The average Bonchev–Trinajstić information content (AvgIpc) is 3.06. The third-order valence-corrected chi connectivity index (χ3v) is 3.68. The van der Waals surface area contributed by atoms with Gasteiger partial charge in [0, 0.05) is 17.5 Å².